The molecule has 0 fully saturated rings. The Balaban J connectivity index is 1.70. The van der Waals surface area contributed by atoms with Gasteiger partial charge in [0, 0.05) is 37.1 Å². The summed E-state index contributed by atoms with van der Waals surface area (Å²) in [5, 5.41) is 2.82. The molecule has 0 bridgehead atoms. The topological polar surface area (TPSA) is 87.3 Å². The van der Waals surface area contributed by atoms with E-state index in [1.165, 1.54) is 0 Å². The van der Waals surface area contributed by atoms with E-state index in [9.17, 15) is 9.59 Å². The summed E-state index contributed by atoms with van der Waals surface area (Å²) in [6.45, 7) is 1.47. The number of ketones is 1. The van der Waals surface area contributed by atoms with Crippen molar-refractivity contribution < 1.29 is 14.3 Å². The predicted octanol–water partition coefficient (Wildman–Crippen LogP) is 2.51. The van der Waals surface area contributed by atoms with Gasteiger partial charge in [-0.05, 0) is 33.4 Å². The average Bonchev–Trinajstić information content (AvgIpc) is 3.05. The number of rotatable bonds is 7. The van der Waals surface area contributed by atoms with Crippen LogP contribution in [-0.4, -0.2) is 53.8 Å². The van der Waals surface area contributed by atoms with E-state index in [0.29, 0.717) is 35.6 Å². The van der Waals surface area contributed by atoms with Gasteiger partial charge in [0.05, 0.1) is 23.9 Å². The quantitative estimate of drug-likeness (QED) is 0.745. The number of nitrogens with zero attached hydrogens (tertiary/aromatic N) is 2. The van der Waals surface area contributed by atoms with Crippen LogP contribution < -0.4 is 10.1 Å². The molecule has 0 atom stereocenters. The number of pyridine rings is 1. The van der Waals surface area contributed by atoms with Crippen molar-refractivity contribution in [3.05, 3.63) is 41.5 Å². The van der Waals surface area contributed by atoms with E-state index in [0.717, 1.165) is 31.5 Å². The van der Waals surface area contributed by atoms with E-state index in [2.05, 4.69) is 20.2 Å². The minimum Gasteiger partial charge on any atom is -0.491 e. The molecule has 0 spiro atoms. The number of aryl methyl sites for hydroxylation is 1. The fourth-order valence-electron chi connectivity index (χ4n) is 3.07. The maximum Gasteiger partial charge on any atom is 0.258 e. The second-order valence-electron chi connectivity index (χ2n) is 6.66. The normalized spacial score (nSPS) is 13.6. The third-order valence-electron chi connectivity index (χ3n) is 4.35. The number of hydrogen-bond acceptors (Lipinski definition) is 5. The number of aromatic nitrogens is 2. The van der Waals surface area contributed by atoms with Crippen LogP contribution in [0.15, 0.2) is 24.7 Å². The Hall–Kier alpha value is -2.67. The lowest BCUT2D eigenvalue weighted by Gasteiger charge is -2.14. The van der Waals surface area contributed by atoms with Gasteiger partial charge in [-0.25, -0.2) is 0 Å². The lowest BCUT2D eigenvalue weighted by molar-refractivity contribution is 0.0956. The van der Waals surface area contributed by atoms with Crippen LogP contribution in [0.25, 0.3) is 0 Å². The van der Waals surface area contributed by atoms with Gasteiger partial charge >= 0.3 is 0 Å². The van der Waals surface area contributed by atoms with E-state index in [1.807, 2.05) is 14.1 Å². The van der Waals surface area contributed by atoms with Crippen molar-refractivity contribution >= 4 is 17.4 Å². The fraction of sp³-hybridized carbons (Fsp3) is 0.421. The molecule has 2 heterocycles. The summed E-state index contributed by atoms with van der Waals surface area (Å²) in [6.07, 6.45) is 7.76. The summed E-state index contributed by atoms with van der Waals surface area (Å²) in [7, 11) is 4.02. The Morgan fingerprint density at radius 1 is 1.38 bits per heavy atom. The SMILES string of the molecule is CN(C)CCCOc1ccncc1NC(=O)c1c[nH]c2c1C(=O)CCC2. The molecule has 7 heteroatoms. The van der Waals surface area contributed by atoms with E-state index in [4.69, 9.17) is 4.74 Å². The first-order valence-electron chi connectivity index (χ1n) is 8.82. The van der Waals surface area contributed by atoms with Gasteiger partial charge in [-0.1, -0.05) is 0 Å². The van der Waals surface area contributed by atoms with Gasteiger partial charge in [0.1, 0.15) is 11.4 Å². The third-order valence-corrected chi connectivity index (χ3v) is 4.35. The molecular weight excluding hydrogens is 332 g/mol. The monoisotopic (exact) mass is 356 g/mol. The van der Waals surface area contributed by atoms with Gasteiger partial charge in [-0.15, -0.1) is 0 Å². The highest BCUT2D eigenvalue weighted by molar-refractivity contribution is 6.13. The molecule has 138 valence electrons. The van der Waals surface area contributed by atoms with Crippen LogP contribution in [0.4, 0.5) is 5.69 Å². The number of hydrogen-bond donors (Lipinski definition) is 2. The van der Waals surface area contributed by atoms with E-state index in [-0.39, 0.29) is 11.7 Å². The van der Waals surface area contributed by atoms with Crippen LogP contribution in [0.1, 0.15) is 45.7 Å². The first kappa shape index (κ1) is 18.1. The first-order valence-corrected chi connectivity index (χ1v) is 8.82. The molecule has 0 saturated heterocycles. The molecule has 0 radical (unpaired) electrons. The molecule has 0 saturated carbocycles. The minimum absolute atomic E-state index is 0.0176. The number of aromatic amines is 1. The third kappa shape index (κ3) is 4.11. The molecule has 1 amide bonds. The van der Waals surface area contributed by atoms with Crippen LogP contribution >= 0.6 is 0 Å². The van der Waals surface area contributed by atoms with Crippen molar-refractivity contribution in [3.63, 3.8) is 0 Å². The zero-order valence-electron chi connectivity index (χ0n) is 15.2. The van der Waals surface area contributed by atoms with Gasteiger partial charge in [0.2, 0.25) is 0 Å². The Kier molecular flexibility index (Phi) is 5.68. The van der Waals surface area contributed by atoms with Crippen molar-refractivity contribution in [2.75, 3.05) is 32.6 Å². The van der Waals surface area contributed by atoms with Crippen LogP contribution in [0.5, 0.6) is 5.75 Å². The summed E-state index contributed by atoms with van der Waals surface area (Å²) in [5.74, 6) is 0.260. The zero-order chi connectivity index (χ0) is 18.5. The highest BCUT2D eigenvalue weighted by Gasteiger charge is 2.26. The molecule has 26 heavy (non-hydrogen) atoms. The average molecular weight is 356 g/mol. The Labute approximate surface area is 152 Å². The molecule has 0 aromatic carbocycles. The van der Waals surface area contributed by atoms with Crippen LogP contribution in [-0.2, 0) is 6.42 Å². The predicted molar refractivity (Wildman–Crippen MR) is 98.9 cm³/mol. The summed E-state index contributed by atoms with van der Waals surface area (Å²) < 4.78 is 5.78. The molecule has 1 aliphatic carbocycles. The maximum absolute atomic E-state index is 12.7. The van der Waals surface area contributed by atoms with Crippen LogP contribution in [0, 0.1) is 0 Å². The highest BCUT2D eigenvalue weighted by atomic mass is 16.5. The number of ether oxygens (including phenoxy) is 1. The number of Topliss-reactive ketones (excluding diaryl/α,β-unsaturated/α-hetero) is 1. The molecule has 7 nitrogen and oxygen atoms in total. The largest absolute Gasteiger partial charge is 0.491 e. The number of H-pyrrole nitrogens is 1. The van der Waals surface area contributed by atoms with Crippen molar-refractivity contribution in [2.24, 2.45) is 0 Å². The number of fused-ring (bicyclic) bond motifs is 1. The molecular formula is C19H24N4O3. The van der Waals surface area contributed by atoms with Crippen molar-refractivity contribution in [1.29, 1.82) is 0 Å². The fourth-order valence-corrected chi connectivity index (χ4v) is 3.07. The smallest absolute Gasteiger partial charge is 0.258 e. The Bertz CT molecular complexity index is 798. The van der Waals surface area contributed by atoms with E-state index >= 15 is 0 Å². The maximum atomic E-state index is 12.7. The zero-order valence-corrected chi connectivity index (χ0v) is 15.2. The lowest BCUT2D eigenvalue weighted by Crippen LogP contribution is -2.19. The van der Waals surface area contributed by atoms with E-state index in [1.54, 1.807) is 24.7 Å². The Morgan fingerprint density at radius 3 is 3.04 bits per heavy atom. The molecule has 1 aliphatic rings. The van der Waals surface area contributed by atoms with Gasteiger partial charge in [-0.3, -0.25) is 14.6 Å². The van der Waals surface area contributed by atoms with E-state index < -0.39 is 0 Å². The molecule has 2 aromatic rings. The number of carbonyl (C=O) groups excluding carboxylic acids is 2. The highest BCUT2D eigenvalue weighted by Crippen LogP contribution is 2.27. The molecule has 2 aromatic heterocycles. The molecule has 3 rings (SSSR count). The summed E-state index contributed by atoms with van der Waals surface area (Å²) >= 11 is 0. The van der Waals surface area contributed by atoms with Gasteiger partial charge in [0.25, 0.3) is 5.91 Å². The minimum atomic E-state index is -0.330. The molecule has 0 unspecified atom stereocenters. The van der Waals surface area contributed by atoms with Crippen LogP contribution in [0.3, 0.4) is 0 Å². The summed E-state index contributed by atoms with van der Waals surface area (Å²) in [5.41, 5.74) is 2.25. The molecule has 2 N–H and O–H groups in total. The van der Waals surface area contributed by atoms with Gasteiger partial charge in [0.15, 0.2) is 5.78 Å². The lowest BCUT2D eigenvalue weighted by atomic mass is 9.93. The summed E-state index contributed by atoms with van der Waals surface area (Å²) in [4.78, 5) is 34.1. The first-order chi connectivity index (χ1) is 12.6. The number of anilines is 1. The van der Waals surface area contributed by atoms with Crippen molar-refractivity contribution in [3.8, 4) is 5.75 Å². The van der Waals surface area contributed by atoms with Crippen LogP contribution in [0.2, 0.25) is 0 Å². The van der Waals surface area contributed by atoms with Crippen molar-refractivity contribution in [2.45, 2.75) is 25.7 Å². The molecule has 0 aliphatic heterocycles. The second kappa shape index (κ2) is 8.14. The number of amides is 1. The Morgan fingerprint density at radius 2 is 2.23 bits per heavy atom. The van der Waals surface area contributed by atoms with Crippen molar-refractivity contribution in [1.82, 2.24) is 14.9 Å². The second-order valence-corrected chi connectivity index (χ2v) is 6.66. The van der Waals surface area contributed by atoms with Gasteiger partial charge in [-0.2, -0.15) is 0 Å². The number of carbonyl (C=O) groups is 2. The summed E-state index contributed by atoms with van der Waals surface area (Å²) in [6, 6.07) is 1.73. The van der Waals surface area contributed by atoms with Gasteiger partial charge < -0.3 is 19.9 Å². The standard InChI is InChI=1S/C19H24N4O3/c1-23(2)9-4-10-26-17-7-8-20-12-15(17)22-19(25)13-11-21-14-5-3-6-16(24)18(13)14/h7-8,11-12,21H,3-6,9-10H2,1-2H3,(H,22,25). The number of nitrogens with one attached hydrogen (secondary N) is 2.